The maximum absolute atomic E-state index is 5.76. The number of hydrogen-bond acceptors (Lipinski definition) is 8. The van der Waals surface area contributed by atoms with Crippen molar-refractivity contribution < 1.29 is 14.0 Å². The minimum absolute atomic E-state index is 0.172. The summed E-state index contributed by atoms with van der Waals surface area (Å²) in [7, 11) is 1.61. The largest absolute Gasteiger partial charge is 0.481 e. The Kier molecular flexibility index (Phi) is 4.42. The van der Waals surface area contributed by atoms with Crippen molar-refractivity contribution in [3.63, 3.8) is 0 Å². The maximum Gasteiger partial charge on any atom is 0.256 e. The molecule has 1 saturated heterocycles. The number of methoxy groups -OCH3 is 1. The summed E-state index contributed by atoms with van der Waals surface area (Å²) in [6.07, 6.45) is 0.758. The van der Waals surface area contributed by atoms with Crippen molar-refractivity contribution in [3.05, 3.63) is 23.1 Å². The van der Waals surface area contributed by atoms with Crippen molar-refractivity contribution in [1.29, 1.82) is 0 Å². The molecule has 8 nitrogen and oxygen atoms in total. The highest BCUT2D eigenvalue weighted by atomic mass is 16.5. The minimum atomic E-state index is -0.172. The third-order valence-electron chi connectivity index (χ3n) is 3.94. The van der Waals surface area contributed by atoms with Crippen molar-refractivity contribution in [2.45, 2.75) is 33.3 Å². The van der Waals surface area contributed by atoms with Crippen LogP contribution in [-0.4, -0.2) is 40.4 Å². The zero-order chi connectivity index (χ0) is 16.4. The van der Waals surface area contributed by atoms with Crippen LogP contribution < -0.4 is 10.1 Å². The van der Waals surface area contributed by atoms with Gasteiger partial charge in [-0.25, -0.2) is 4.98 Å². The molecule has 0 aromatic carbocycles. The summed E-state index contributed by atoms with van der Waals surface area (Å²) in [5, 5.41) is 7.21. The van der Waals surface area contributed by atoms with Crippen LogP contribution in [0.25, 0.3) is 0 Å². The zero-order valence-corrected chi connectivity index (χ0v) is 13.8. The maximum atomic E-state index is 5.76. The molecule has 1 N–H and O–H groups in total. The van der Waals surface area contributed by atoms with Gasteiger partial charge in [-0.3, -0.25) is 0 Å². The van der Waals surface area contributed by atoms with Gasteiger partial charge in [-0.15, -0.1) is 0 Å². The summed E-state index contributed by atoms with van der Waals surface area (Å²) in [6, 6.07) is 0. The average Bonchev–Trinajstić information content (AvgIpc) is 3.16. The van der Waals surface area contributed by atoms with Crippen LogP contribution in [0.4, 0.5) is 5.82 Å². The van der Waals surface area contributed by atoms with Gasteiger partial charge >= 0.3 is 0 Å². The van der Waals surface area contributed by atoms with Gasteiger partial charge in [0.25, 0.3) is 5.89 Å². The van der Waals surface area contributed by atoms with Crippen LogP contribution in [0.3, 0.4) is 0 Å². The highest BCUT2D eigenvalue weighted by Gasteiger charge is 2.34. The first kappa shape index (κ1) is 15.7. The van der Waals surface area contributed by atoms with E-state index in [0.29, 0.717) is 36.6 Å². The van der Waals surface area contributed by atoms with Crippen LogP contribution in [0.15, 0.2) is 4.52 Å². The van der Waals surface area contributed by atoms with Crippen molar-refractivity contribution in [3.8, 4) is 5.88 Å². The van der Waals surface area contributed by atoms with Crippen LogP contribution in [0.2, 0.25) is 0 Å². The number of aromatic nitrogens is 4. The molecule has 0 spiro atoms. The van der Waals surface area contributed by atoms with Crippen molar-refractivity contribution in [2.75, 3.05) is 25.6 Å². The molecular formula is C15H21N5O3. The van der Waals surface area contributed by atoms with Gasteiger partial charge in [-0.05, 0) is 27.2 Å². The predicted octanol–water partition coefficient (Wildman–Crippen LogP) is 1.98. The second-order valence-corrected chi connectivity index (χ2v) is 5.65. The van der Waals surface area contributed by atoms with E-state index in [4.69, 9.17) is 14.0 Å². The van der Waals surface area contributed by atoms with E-state index in [-0.39, 0.29) is 12.0 Å². The van der Waals surface area contributed by atoms with Crippen LogP contribution in [0.5, 0.6) is 5.88 Å². The predicted molar refractivity (Wildman–Crippen MR) is 82.4 cm³/mol. The Morgan fingerprint density at radius 2 is 2.00 bits per heavy atom. The monoisotopic (exact) mass is 319 g/mol. The summed E-state index contributed by atoms with van der Waals surface area (Å²) < 4.78 is 16.3. The van der Waals surface area contributed by atoms with Crippen LogP contribution in [0.1, 0.15) is 35.6 Å². The quantitative estimate of drug-likeness (QED) is 0.894. The Hall–Kier alpha value is -2.22. The topological polar surface area (TPSA) is 95.2 Å². The molecule has 1 aliphatic rings. The molecule has 0 bridgehead atoms. The summed E-state index contributed by atoms with van der Waals surface area (Å²) in [5.41, 5.74) is 0.891. The molecule has 0 radical (unpaired) electrons. The van der Waals surface area contributed by atoms with E-state index in [2.05, 4.69) is 25.4 Å². The van der Waals surface area contributed by atoms with Gasteiger partial charge < -0.3 is 19.3 Å². The normalized spacial score (nSPS) is 20.7. The van der Waals surface area contributed by atoms with Crippen LogP contribution in [0, 0.1) is 26.7 Å². The lowest BCUT2D eigenvalue weighted by Gasteiger charge is -2.17. The minimum Gasteiger partial charge on any atom is -0.481 e. The second-order valence-electron chi connectivity index (χ2n) is 5.65. The first-order chi connectivity index (χ1) is 11.1. The van der Waals surface area contributed by atoms with Crippen molar-refractivity contribution in [2.24, 2.45) is 5.92 Å². The third kappa shape index (κ3) is 3.26. The smallest absolute Gasteiger partial charge is 0.256 e. The molecule has 0 saturated carbocycles. The Labute approximate surface area is 134 Å². The van der Waals surface area contributed by atoms with Gasteiger partial charge in [-0.2, -0.15) is 9.97 Å². The Morgan fingerprint density at radius 3 is 2.70 bits per heavy atom. The van der Waals surface area contributed by atoms with Crippen molar-refractivity contribution >= 4 is 5.82 Å². The summed E-state index contributed by atoms with van der Waals surface area (Å²) in [4.78, 5) is 13.0. The number of nitrogens with one attached hydrogen (secondary N) is 1. The van der Waals surface area contributed by atoms with E-state index in [1.54, 1.807) is 14.0 Å². The SMILES string of the molecule is COc1nc(C)nc(NC[C@@H]2CCO[C@@H]2c2nc(C)no2)c1C. The molecule has 0 aliphatic carbocycles. The summed E-state index contributed by atoms with van der Waals surface area (Å²) in [6.45, 7) is 6.96. The lowest BCUT2D eigenvalue weighted by Crippen LogP contribution is -2.19. The molecule has 23 heavy (non-hydrogen) atoms. The number of anilines is 1. The van der Waals surface area contributed by atoms with E-state index < -0.39 is 0 Å². The number of hydrogen-bond donors (Lipinski definition) is 1. The van der Waals surface area contributed by atoms with E-state index in [1.807, 2.05) is 13.8 Å². The Bertz CT molecular complexity index is 688. The molecule has 124 valence electrons. The van der Waals surface area contributed by atoms with E-state index in [1.165, 1.54) is 0 Å². The fourth-order valence-corrected chi connectivity index (χ4v) is 2.75. The molecule has 0 unspecified atom stereocenters. The van der Waals surface area contributed by atoms with Gasteiger partial charge in [0.2, 0.25) is 5.88 Å². The highest BCUT2D eigenvalue weighted by molar-refractivity contribution is 5.48. The third-order valence-corrected chi connectivity index (χ3v) is 3.94. The number of nitrogens with zero attached hydrogens (tertiary/aromatic N) is 4. The molecule has 2 aromatic rings. The lowest BCUT2D eigenvalue weighted by molar-refractivity contribution is 0.0650. The highest BCUT2D eigenvalue weighted by Crippen LogP contribution is 2.34. The molecule has 2 atom stereocenters. The first-order valence-corrected chi connectivity index (χ1v) is 7.63. The number of rotatable bonds is 5. The molecular weight excluding hydrogens is 298 g/mol. The average molecular weight is 319 g/mol. The molecule has 8 heteroatoms. The fourth-order valence-electron chi connectivity index (χ4n) is 2.75. The van der Waals surface area contributed by atoms with Gasteiger partial charge in [0.05, 0.1) is 12.7 Å². The standard InChI is InChI=1S/C15H21N5O3/c1-8-13(17-9(2)18-14(8)21-4)16-7-11-5-6-22-12(11)15-19-10(3)20-23-15/h11-12H,5-7H2,1-4H3,(H,16,17,18)/t11-,12-/m0/s1. The molecule has 3 rings (SSSR count). The Morgan fingerprint density at radius 1 is 1.17 bits per heavy atom. The summed E-state index contributed by atoms with van der Waals surface area (Å²) >= 11 is 0. The van der Waals surface area contributed by atoms with Crippen LogP contribution in [-0.2, 0) is 4.74 Å². The lowest BCUT2D eigenvalue weighted by atomic mass is 10.0. The first-order valence-electron chi connectivity index (χ1n) is 7.63. The van der Waals surface area contributed by atoms with Gasteiger partial charge in [0.15, 0.2) is 5.82 Å². The van der Waals surface area contributed by atoms with Crippen molar-refractivity contribution in [1.82, 2.24) is 20.1 Å². The molecule has 0 amide bonds. The molecule has 1 fully saturated rings. The van der Waals surface area contributed by atoms with Crippen LogP contribution >= 0.6 is 0 Å². The number of ether oxygens (including phenoxy) is 2. The molecule has 3 heterocycles. The zero-order valence-electron chi connectivity index (χ0n) is 13.8. The van der Waals surface area contributed by atoms with Gasteiger partial charge in [0.1, 0.15) is 17.7 Å². The molecule has 1 aliphatic heterocycles. The summed E-state index contributed by atoms with van der Waals surface area (Å²) in [5.74, 6) is 3.44. The Balaban J connectivity index is 1.71. The van der Waals surface area contributed by atoms with E-state index in [0.717, 1.165) is 17.8 Å². The van der Waals surface area contributed by atoms with E-state index >= 15 is 0 Å². The fraction of sp³-hybridized carbons (Fsp3) is 0.600. The van der Waals surface area contributed by atoms with Gasteiger partial charge in [0, 0.05) is 19.1 Å². The van der Waals surface area contributed by atoms with Gasteiger partial charge in [-0.1, -0.05) is 5.16 Å². The number of aryl methyl sites for hydroxylation is 2. The van der Waals surface area contributed by atoms with E-state index in [9.17, 15) is 0 Å². The second kappa shape index (κ2) is 6.49. The molecule has 2 aromatic heterocycles.